The molecule has 1 aliphatic rings. The zero-order valence-corrected chi connectivity index (χ0v) is 11.0. The highest BCUT2D eigenvalue weighted by Crippen LogP contribution is 2.21. The Morgan fingerprint density at radius 1 is 1.53 bits per heavy atom. The van der Waals surface area contributed by atoms with E-state index in [1.165, 1.54) is 0 Å². The summed E-state index contributed by atoms with van der Waals surface area (Å²) in [5.41, 5.74) is 1.76. The standard InChI is InChI=1S/C12H13BrN2O2/c1-7-2-3-8(13)6-10(7)15-12(17)9-4-5-11(16)14-9/h2-3,6,9H,4-5H2,1H3,(H,14,16)(H,15,17). The Hall–Kier alpha value is -1.36. The van der Waals surface area contributed by atoms with Crippen molar-refractivity contribution >= 4 is 33.4 Å². The van der Waals surface area contributed by atoms with Gasteiger partial charge in [-0.2, -0.15) is 0 Å². The van der Waals surface area contributed by atoms with Crippen LogP contribution in [0.2, 0.25) is 0 Å². The van der Waals surface area contributed by atoms with E-state index in [0.29, 0.717) is 12.8 Å². The van der Waals surface area contributed by atoms with Crippen molar-refractivity contribution in [3.63, 3.8) is 0 Å². The smallest absolute Gasteiger partial charge is 0.246 e. The molecule has 0 bridgehead atoms. The molecule has 17 heavy (non-hydrogen) atoms. The van der Waals surface area contributed by atoms with Crippen molar-refractivity contribution in [3.8, 4) is 0 Å². The van der Waals surface area contributed by atoms with Crippen LogP contribution in [0.25, 0.3) is 0 Å². The van der Waals surface area contributed by atoms with Crippen LogP contribution in [-0.2, 0) is 9.59 Å². The SMILES string of the molecule is Cc1ccc(Br)cc1NC(=O)C1CCC(=O)N1. The minimum absolute atomic E-state index is 0.0592. The van der Waals surface area contributed by atoms with Gasteiger partial charge in [0.2, 0.25) is 11.8 Å². The van der Waals surface area contributed by atoms with Crippen LogP contribution in [0.3, 0.4) is 0 Å². The minimum atomic E-state index is -0.402. The molecular formula is C12H13BrN2O2. The normalized spacial score (nSPS) is 18.9. The van der Waals surface area contributed by atoms with Crippen molar-refractivity contribution in [2.24, 2.45) is 0 Å². The summed E-state index contributed by atoms with van der Waals surface area (Å²) in [6.45, 7) is 1.93. The quantitative estimate of drug-likeness (QED) is 0.877. The van der Waals surface area contributed by atoms with E-state index in [2.05, 4.69) is 26.6 Å². The van der Waals surface area contributed by atoms with Crippen LogP contribution in [0, 0.1) is 6.92 Å². The molecule has 1 aromatic carbocycles. The lowest BCUT2D eigenvalue weighted by Gasteiger charge is -2.13. The molecule has 1 fully saturated rings. The fourth-order valence-corrected chi connectivity index (χ4v) is 2.12. The Labute approximate surface area is 108 Å². The number of carbonyl (C=O) groups excluding carboxylic acids is 2. The fraction of sp³-hybridized carbons (Fsp3) is 0.333. The van der Waals surface area contributed by atoms with Crippen LogP contribution >= 0.6 is 15.9 Å². The average Bonchev–Trinajstić information content (AvgIpc) is 2.70. The highest BCUT2D eigenvalue weighted by Gasteiger charge is 2.27. The maximum absolute atomic E-state index is 11.9. The predicted octanol–water partition coefficient (Wildman–Crippen LogP) is 1.97. The van der Waals surface area contributed by atoms with Crippen LogP contribution in [-0.4, -0.2) is 17.9 Å². The van der Waals surface area contributed by atoms with Crippen molar-refractivity contribution in [2.45, 2.75) is 25.8 Å². The first kappa shape index (κ1) is 12.1. The minimum Gasteiger partial charge on any atom is -0.344 e. The van der Waals surface area contributed by atoms with Crippen LogP contribution in [0.1, 0.15) is 18.4 Å². The molecule has 1 aliphatic heterocycles. The molecule has 2 amide bonds. The van der Waals surface area contributed by atoms with Gasteiger partial charge in [0.05, 0.1) is 0 Å². The van der Waals surface area contributed by atoms with Crippen LogP contribution in [0.5, 0.6) is 0 Å². The lowest BCUT2D eigenvalue weighted by molar-refractivity contribution is -0.122. The van der Waals surface area contributed by atoms with E-state index in [1.54, 1.807) is 0 Å². The number of nitrogens with one attached hydrogen (secondary N) is 2. The van der Waals surface area contributed by atoms with Gasteiger partial charge < -0.3 is 10.6 Å². The number of hydrogen-bond acceptors (Lipinski definition) is 2. The van der Waals surface area contributed by atoms with E-state index in [9.17, 15) is 9.59 Å². The monoisotopic (exact) mass is 296 g/mol. The highest BCUT2D eigenvalue weighted by molar-refractivity contribution is 9.10. The van der Waals surface area contributed by atoms with Gasteiger partial charge in [0, 0.05) is 16.6 Å². The summed E-state index contributed by atoms with van der Waals surface area (Å²) in [6, 6.07) is 5.29. The number of carbonyl (C=O) groups is 2. The number of amides is 2. The van der Waals surface area contributed by atoms with Gasteiger partial charge in [0.15, 0.2) is 0 Å². The van der Waals surface area contributed by atoms with Gasteiger partial charge in [-0.3, -0.25) is 9.59 Å². The number of aryl methyl sites for hydroxylation is 1. The Morgan fingerprint density at radius 2 is 2.29 bits per heavy atom. The topological polar surface area (TPSA) is 58.2 Å². The third kappa shape index (κ3) is 2.85. The fourth-order valence-electron chi connectivity index (χ4n) is 1.76. The van der Waals surface area contributed by atoms with Crippen LogP contribution in [0.15, 0.2) is 22.7 Å². The first-order valence-corrected chi connectivity index (χ1v) is 6.22. The van der Waals surface area contributed by atoms with Crippen LogP contribution < -0.4 is 10.6 Å². The number of rotatable bonds is 2. The van der Waals surface area contributed by atoms with Gasteiger partial charge in [0.25, 0.3) is 0 Å². The molecule has 2 N–H and O–H groups in total. The first-order valence-electron chi connectivity index (χ1n) is 5.42. The van der Waals surface area contributed by atoms with Gasteiger partial charge in [0.1, 0.15) is 6.04 Å². The molecule has 0 saturated carbocycles. The summed E-state index contributed by atoms with van der Waals surface area (Å²) in [4.78, 5) is 22.9. The number of anilines is 1. The van der Waals surface area contributed by atoms with Gasteiger partial charge in [-0.05, 0) is 31.0 Å². The van der Waals surface area contributed by atoms with Crippen molar-refractivity contribution in [1.82, 2.24) is 5.32 Å². The predicted molar refractivity (Wildman–Crippen MR) is 68.7 cm³/mol. The molecule has 5 heteroatoms. The second-order valence-corrected chi connectivity index (χ2v) is 5.02. The van der Waals surface area contributed by atoms with Crippen molar-refractivity contribution in [1.29, 1.82) is 0 Å². The number of halogens is 1. The van der Waals surface area contributed by atoms with E-state index in [0.717, 1.165) is 15.7 Å². The maximum Gasteiger partial charge on any atom is 0.246 e. The molecule has 1 unspecified atom stereocenters. The number of benzene rings is 1. The summed E-state index contributed by atoms with van der Waals surface area (Å²) in [7, 11) is 0. The molecule has 0 spiro atoms. The zero-order chi connectivity index (χ0) is 12.4. The Balaban J connectivity index is 2.07. The van der Waals surface area contributed by atoms with Gasteiger partial charge >= 0.3 is 0 Å². The van der Waals surface area contributed by atoms with E-state index in [1.807, 2.05) is 25.1 Å². The molecule has 4 nitrogen and oxygen atoms in total. The molecule has 1 aromatic rings. The zero-order valence-electron chi connectivity index (χ0n) is 9.42. The molecule has 2 rings (SSSR count). The van der Waals surface area contributed by atoms with Gasteiger partial charge in [-0.1, -0.05) is 22.0 Å². The second-order valence-electron chi connectivity index (χ2n) is 4.11. The Bertz CT molecular complexity index is 474. The third-order valence-corrected chi connectivity index (χ3v) is 3.26. The van der Waals surface area contributed by atoms with Crippen molar-refractivity contribution in [3.05, 3.63) is 28.2 Å². The van der Waals surface area contributed by atoms with Crippen molar-refractivity contribution < 1.29 is 9.59 Å². The van der Waals surface area contributed by atoms with E-state index in [-0.39, 0.29) is 11.8 Å². The molecule has 0 aromatic heterocycles. The lowest BCUT2D eigenvalue weighted by Crippen LogP contribution is -2.37. The van der Waals surface area contributed by atoms with Crippen LogP contribution in [0.4, 0.5) is 5.69 Å². The first-order chi connectivity index (χ1) is 8.06. The molecule has 1 saturated heterocycles. The maximum atomic E-state index is 11.9. The van der Waals surface area contributed by atoms with E-state index in [4.69, 9.17) is 0 Å². The highest BCUT2D eigenvalue weighted by atomic mass is 79.9. The second kappa shape index (κ2) is 4.87. The molecule has 90 valence electrons. The summed E-state index contributed by atoms with van der Waals surface area (Å²) in [5, 5.41) is 5.48. The molecule has 1 atom stereocenters. The molecule has 0 aliphatic carbocycles. The summed E-state index contributed by atoms with van der Waals surface area (Å²) in [5.74, 6) is -0.215. The molecular weight excluding hydrogens is 284 g/mol. The molecule has 1 heterocycles. The third-order valence-electron chi connectivity index (χ3n) is 2.77. The summed E-state index contributed by atoms with van der Waals surface area (Å²) in [6.07, 6.45) is 0.993. The van der Waals surface area contributed by atoms with Gasteiger partial charge in [-0.15, -0.1) is 0 Å². The Kier molecular flexibility index (Phi) is 3.47. The number of hydrogen-bond donors (Lipinski definition) is 2. The van der Waals surface area contributed by atoms with E-state index >= 15 is 0 Å². The largest absolute Gasteiger partial charge is 0.344 e. The average molecular weight is 297 g/mol. The molecule has 0 radical (unpaired) electrons. The lowest BCUT2D eigenvalue weighted by atomic mass is 10.1. The van der Waals surface area contributed by atoms with E-state index < -0.39 is 6.04 Å². The van der Waals surface area contributed by atoms with Gasteiger partial charge in [-0.25, -0.2) is 0 Å². The Morgan fingerprint density at radius 3 is 2.94 bits per heavy atom. The van der Waals surface area contributed by atoms with Crippen molar-refractivity contribution in [2.75, 3.05) is 5.32 Å². The summed E-state index contributed by atoms with van der Waals surface area (Å²) >= 11 is 3.36. The summed E-state index contributed by atoms with van der Waals surface area (Å²) < 4.78 is 0.911.